The normalized spacial score (nSPS) is 19.1. The van der Waals surface area contributed by atoms with E-state index in [2.05, 4.69) is 76.5 Å². The largest absolute Gasteiger partial charge is 0.315 e. The van der Waals surface area contributed by atoms with Crippen molar-refractivity contribution in [2.24, 2.45) is 9.98 Å². The van der Waals surface area contributed by atoms with Gasteiger partial charge in [-0.25, -0.2) is 20.0 Å². The highest BCUT2D eigenvalue weighted by Gasteiger charge is 2.18. The van der Waals surface area contributed by atoms with E-state index in [9.17, 15) is 0 Å². The molecule has 1 saturated heterocycles. The van der Waals surface area contributed by atoms with Crippen LogP contribution in [0.1, 0.15) is 29.0 Å². The molecule has 0 bridgehead atoms. The van der Waals surface area contributed by atoms with Gasteiger partial charge in [-0.1, -0.05) is 30.3 Å². The monoisotopic (exact) mass is 472 g/mol. The number of nitrogens with one attached hydrogen (secondary N) is 1. The Morgan fingerprint density at radius 2 is 1.74 bits per heavy atom. The minimum absolute atomic E-state index is 0.0807. The Hall–Kier alpha value is -3.27. The van der Waals surface area contributed by atoms with Crippen molar-refractivity contribution in [1.29, 1.82) is 0 Å². The zero-order valence-corrected chi connectivity index (χ0v) is 20.0. The Labute approximate surface area is 203 Å². The number of benzene rings is 1. The molecule has 4 heterocycles. The molecule has 1 atom stereocenters. The summed E-state index contributed by atoms with van der Waals surface area (Å²) >= 11 is 1.58. The SMILES string of the molecule is CC1=CC(c2cnc(Nc3cnc(CN4CCN(Cc5ccccc5)CC4)cn3)s2)C=NC=N1. The Balaban J connectivity index is 1.11. The Bertz CT molecular complexity index is 1160. The molecule has 0 radical (unpaired) electrons. The molecule has 5 rings (SSSR count). The molecule has 3 aromatic rings. The lowest BCUT2D eigenvalue weighted by molar-refractivity contribution is 0.121. The molecule has 0 saturated carbocycles. The third-order valence-corrected chi connectivity index (χ3v) is 6.90. The van der Waals surface area contributed by atoms with Crippen molar-refractivity contribution in [3.8, 4) is 0 Å². The molecular formula is C25H28N8S. The number of piperazine rings is 1. The van der Waals surface area contributed by atoms with Crippen molar-refractivity contribution in [2.75, 3.05) is 31.5 Å². The first-order chi connectivity index (χ1) is 16.7. The Morgan fingerprint density at radius 1 is 0.941 bits per heavy atom. The number of thiazole rings is 1. The van der Waals surface area contributed by atoms with Gasteiger partial charge < -0.3 is 5.32 Å². The summed E-state index contributed by atoms with van der Waals surface area (Å²) in [7, 11) is 0. The molecule has 174 valence electrons. The summed E-state index contributed by atoms with van der Waals surface area (Å²) in [4.78, 5) is 28.2. The summed E-state index contributed by atoms with van der Waals surface area (Å²) in [5, 5.41) is 4.06. The maximum Gasteiger partial charge on any atom is 0.188 e. The summed E-state index contributed by atoms with van der Waals surface area (Å²) < 4.78 is 0. The first kappa shape index (κ1) is 22.5. The van der Waals surface area contributed by atoms with Gasteiger partial charge in [-0.05, 0) is 18.6 Å². The Kier molecular flexibility index (Phi) is 7.13. The summed E-state index contributed by atoms with van der Waals surface area (Å²) in [5.74, 6) is 0.777. The molecule has 0 aliphatic carbocycles. The highest BCUT2D eigenvalue weighted by molar-refractivity contribution is 7.15. The number of nitrogens with zero attached hydrogens (tertiary/aromatic N) is 7. The van der Waals surface area contributed by atoms with E-state index in [4.69, 9.17) is 0 Å². The molecular weight excluding hydrogens is 444 g/mol. The number of anilines is 2. The predicted octanol–water partition coefficient (Wildman–Crippen LogP) is 4.09. The van der Waals surface area contributed by atoms with E-state index in [1.165, 1.54) is 5.56 Å². The molecule has 2 aliphatic rings. The molecule has 2 aliphatic heterocycles. The van der Waals surface area contributed by atoms with Gasteiger partial charge in [-0.2, -0.15) is 0 Å². The van der Waals surface area contributed by atoms with Crippen LogP contribution in [0.2, 0.25) is 0 Å². The van der Waals surface area contributed by atoms with Crippen LogP contribution in [0.15, 0.2) is 70.7 Å². The predicted molar refractivity (Wildman–Crippen MR) is 138 cm³/mol. The Morgan fingerprint density at radius 3 is 2.50 bits per heavy atom. The van der Waals surface area contributed by atoms with Crippen LogP contribution in [0.5, 0.6) is 0 Å². The molecule has 1 aromatic carbocycles. The molecule has 2 aromatic heterocycles. The lowest BCUT2D eigenvalue weighted by Crippen LogP contribution is -2.45. The number of aliphatic imine (C=N–C) groups is 2. The second-order valence-electron chi connectivity index (χ2n) is 8.50. The van der Waals surface area contributed by atoms with Crippen molar-refractivity contribution in [1.82, 2.24) is 24.8 Å². The number of aromatic nitrogens is 3. The zero-order valence-electron chi connectivity index (χ0n) is 19.2. The highest BCUT2D eigenvalue weighted by atomic mass is 32.1. The van der Waals surface area contributed by atoms with Gasteiger partial charge in [-0.15, -0.1) is 11.3 Å². The van der Waals surface area contributed by atoms with Crippen molar-refractivity contribution in [2.45, 2.75) is 25.9 Å². The van der Waals surface area contributed by atoms with E-state index in [1.807, 2.05) is 25.5 Å². The quantitative estimate of drug-likeness (QED) is 0.558. The highest BCUT2D eigenvalue weighted by Crippen LogP contribution is 2.29. The first-order valence-electron chi connectivity index (χ1n) is 11.5. The number of hydrogen-bond acceptors (Lipinski definition) is 9. The third-order valence-electron chi connectivity index (χ3n) is 5.89. The van der Waals surface area contributed by atoms with Crippen LogP contribution in [-0.4, -0.2) is 63.5 Å². The van der Waals surface area contributed by atoms with Crippen molar-refractivity contribution in [3.63, 3.8) is 0 Å². The van der Waals surface area contributed by atoms with E-state index < -0.39 is 0 Å². The van der Waals surface area contributed by atoms with E-state index in [0.717, 1.165) is 60.7 Å². The van der Waals surface area contributed by atoms with Crippen LogP contribution in [0.3, 0.4) is 0 Å². The third kappa shape index (κ3) is 5.99. The van der Waals surface area contributed by atoms with Gasteiger partial charge in [0.2, 0.25) is 0 Å². The van der Waals surface area contributed by atoms with Gasteiger partial charge >= 0.3 is 0 Å². The maximum atomic E-state index is 4.62. The summed E-state index contributed by atoms with van der Waals surface area (Å²) in [5.41, 5.74) is 3.31. The molecule has 34 heavy (non-hydrogen) atoms. The van der Waals surface area contributed by atoms with Gasteiger partial charge in [0.15, 0.2) is 10.9 Å². The molecule has 1 N–H and O–H groups in total. The topological polar surface area (TPSA) is 81.9 Å². The van der Waals surface area contributed by atoms with E-state index in [1.54, 1.807) is 23.9 Å². The lowest BCUT2D eigenvalue weighted by Gasteiger charge is -2.34. The zero-order chi connectivity index (χ0) is 23.2. The average Bonchev–Trinajstić information content (AvgIpc) is 3.21. The van der Waals surface area contributed by atoms with Gasteiger partial charge in [-0.3, -0.25) is 14.8 Å². The second kappa shape index (κ2) is 10.8. The fraction of sp³-hybridized carbons (Fsp3) is 0.320. The molecule has 8 nitrogen and oxygen atoms in total. The fourth-order valence-electron chi connectivity index (χ4n) is 4.04. The lowest BCUT2D eigenvalue weighted by atomic mass is 10.1. The summed E-state index contributed by atoms with van der Waals surface area (Å²) in [6.45, 7) is 8.04. The van der Waals surface area contributed by atoms with Crippen LogP contribution in [0, 0.1) is 0 Å². The second-order valence-corrected chi connectivity index (χ2v) is 9.56. The van der Waals surface area contributed by atoms with E-state index in [-0.39, 0.29) is 5.92 Å². The molecule has 1 fully saturated rings. The van der Waals surface area contributed by atoms with Crippen molar-refractivity contribution in [3.05, 3.63) is 76.8 Å². The number of allylic oxidation sites excluding steroid dienone is 2. The van der Waals surface area contributed by atoms with Crippen molar-refractivity contribution < 1.29 is 0 Å². The minimum Gasteiger partial charge on any atom is -0.315 e. The first-order valence-corrected chi connectivity index (χ1v) is 12.3. The average molecular weight is 473 g/mol. The molecule has 0 spiro atoms. The smallest absolute Gasteiger partial charge is 0.188 e. The standard InChI is InChI=1S/C25H28N8S/c1-19-11-21(12-26-18-30-19)23-14-29-25(34-23)31-24-15-27-22(13-28-24)17-33-9-7-32(8-10-33)16-20-5-3-2-4-6-20/h2-6,11-15,18,21H,7-10,16-17H2,1H3,(H,28,29,31). The summed E-state index contributed by atoms with van der Waals surface area (Å²) in [6, 6.07) is 10.7. The number of hydrogen-bond donors (Lipinski definition) is 1. The van der Waals surface area contributed by atoms with Crippen LogP contribution in [0.25, 0.3) is 0 Å². The molecule has 0 amide bonds. The van der Waals surface area contributed by atoms with E-state index in [0.29, 0.717) is 5.82 Å². The molecule has 9 heteroatoms. The van der Waals surface area contributed by atoms with Crippen molar-refractivity contribution >= 4 is 34.8 Å². The van der Waals surface area contributed by atoms with Crippen LogP contribution in [-0.2, 0) is 13.1 Å². The van der Waals surface area contributed by atoms with Gasteiger partial charge in [0.05, 0.1) is 24.0 Å². The fourth-order valence-corrected chi connectivity index (χ4v) is 4.90. The van der Waals surface area contributed by atoms with Gasteiger partial charge in [0.1, 0.15) is 6.34 Å². The summed E-state index contributed by atoms with van der Waals surface area (Å²) in [6.07, 6.45) is 11.1. The molecule has 1 unspecified atom stereocenters. The van der Waals surface area contributed by atoms with E-state index >= 15 is 0 Å². The van der Waals surface area contributed by atoms with Crippen LogP contribution >= 0.6 is 11.3 Å². The van der Waals surface area contributed by atoms with Crippen LogP contribution < -0.4 is 5.32 Å². The number of rotatable bonds is 7. The maximum absolute atomic E-state index is 4.62. The minimum atomic E-state index is 0.0807. The van der Waals surface area contributed by atoms with Gasteiger partial charge in [0.25, 0.3) is 0 Å². The van der Waals surface area contributed by atoms with Crippen LogP contribution in [0.4, 0.5) is 10.9 Å². The van der Waals surface area contributed by atoms with Gasteiger partial charge in [0, 0.05) is 62.3 Å².